The average Bonchev–Trinajstić information content (AvgIpc) is 2.55. The number of hydrogen-bond acceptors (Lipinski definition) is 4. The van der Waals surface area contributed by atoms with Crippen molar-refractivity contribution in [2.24, 2.45) is 7.05 Å². The lowest BCUT2D eigenvalue weighted by Crippen LogP contribution is -2.22. The van der Waals surface area contributed by atoms with Gasteiger partial charge in [-0.15, -0.1) is 0 Å². The molecule has 2 rings (SSSR count). The zero-order valence-electron chi connectivity index (χ0n) is 13.4. The third-order valence-corrected chi connectivity index (χ3v) is 3.67. The van der Waals surface area contributed by atoms with E-state index in [4.69, 9.17) is 0 Å². The van der Waals surface area contributed by atoms with Crippen LogP contribution in [-0.4, -0.2) is 21.1 Å². The van der Waals surface area contributed by atoms with Crippen molar-refractivity contribution in [3.8, 4) is 11.3 Å². The highest BCUT2D eigenvalue weighted by Crippen LogP contribution is 2.15. The summed E-state index contributed by atoms with van der Waals surface area (Å²) in [5, 5.41) is 3.28. The van der Waals surface area contributed by atoms with Crippen molar-refractivity contribution in [1.29, 1.82) is 0 Å². The second kappa shape index (κ2) is 8.32. The Morgan fingerprint density at radius 1 is 1.14 bits per heavy atom. The van der Waals surface area contributed by atoms with Crippen LogP contribution in [0, 0.1) is 0 Å². The van der Waals surface area contributed by atoms with E-state index in [2.05, 4.69) is 22.2 Å². The first-order valence-electron chi connectivity index (χ1n) is 7.94. The van der Waals surface area contributed by atoms with E-state index in [-0.39, 0.29) is 5.56 Å². The van der Waals surface area contributed by atoms with Crippen LogP contribution in [0.3, 0.4) is 0 Å². The first kappa shape index (κ1) is 16.2. The second-order valence-corrected chi connectivity index (χ2v) is 5.44. The molecule has 2 heterocycles. The summed E-state index contributed by atoms with van der Waals surface area (Å²) in [6, 6.07) is 5.27. The topological polar surface area (TPSA) is 59.8 Å². The molecule has 0 aliphatic heterocycles. The van der Waals surface area contributed by atoms with Gasteiger partial charge in [-0.1, -0.05) is 32.6 Å². The summed E-state index contributed by atoms with van der Waals surface area (Å²) in [7, 11) is 1.74. The van der Waals surface area contributed by atoms with E-state index in [9.17, 15) is 4.79 Å². The molecule has 0 unspecified atom stereocenters. The van der Waals surface area contributed by atoms with Gasteiger partial charge >= 0.3 is 0 Å². The van der Waals surface area contributed by atoms with E-state index in [1.165, 1.54) is 25.7 Å². The number of nitrogens with zero attached hydrogens (tertiary/aromatic N) is 3. The predicted octanol–water partition coefficient (Wildman–Crippen LogP) is 3.22. The summed E-state index contributed by atoms with van der Waals surface area (Å²) in [4.78, 5) is 20.6. The van der Waals surface area contributed by atoms with E-state index >= 15 is 0 Å². The molecule has 0 bridgehead atoms. The maximum atomic E-state index is 12.1. The molecule has 5 heteroatoms. The van der Waals surface area contributed by atoms with Crippen LogP contribution in [0.4, 0.5) is 5.95 Å². The Morgan fingerprint density at radius 2 is 1.86 bits per heavy atom. The Labute approximate surface area is 131 Å². The van der Waals surface area contributed by atoms with Gasteiger partial charge < -0.3 is 5.32 Å². The van der Waals surface area contributed by atoms with Crippen molar-refractivity contribution in [2.75, 3.05) is 11.9 Å². The van der Waals surface area contributed by atoms with Crippen LogP contribution < -0.4 is 10.9 Å². The van der Waals surface area contributed by atoms with Gasteiger partial charge in [0, 0.05) is 37.6 Å². The van der Waals surface area contributed by atoms with E-state index in [1.807, 2.05) is 12.1 Å². The van der Waals surface area contributed by atoms with Gasteiger partial charge in [-0.05, 0) is 18.6 Å². The maximum Gasteiger partial charge on any atom is 0.255 e. The van der Waals surface area contributed by atoms with Gasteiger partial charge in [-0.2, -0.15) is 0 Å². The predicted molar refractivity (Wildman–Crippen MR) is 90.0 cm³/mol. The van der Waals surface area contributed by atoms with Gasteiger partial charge in [-0.25, -0.2) is 4.98 Å². The quantitative estimate of drug-likeness (QED) is 0.760. The minimum atomic E-state index is -0.0599. The summed E-state index contributed by atoms with van der Waals surface area (Å²) in [5.41, 5.74) is 1.52. The fraction of sp³-hybridized carbons (Fsp3) is 0.471. The monoisotopic (exact) mass is 300 g/mol. The van der Waals surface area contributed by atoms with E-state index in [0.29, 0.717) is 11.6 Å². The van der Waals surface area contributed by atoms with Crippen molar-refractivity contribution >= 4 is 5.95 Å². The molecular formula is C17H24N4O. The van der Waals surface area contributed by atoms with Crippen molar-refractivity contribution in [3.63, 3.8) is 0 Å². The molecule has 0 saturated carbocycles. The molecule has 0 amide bonds. The van der Waals surface area contributed by atoms with Crippen molar-refractivity contribution in [2.45, 2.75) is 39.0 Å². The van der Waals surface area contributed by atoms with Crippen LogP contribution in [0.1, 0.15) is 39.0 Å². The van der Waals surface area contributed by atoms with Crippen LogP contribution in [-0.2, 0) is 7.05 Å². The van der Waals surface area contributed by atoms with Crippen LogP contribution in [0.5, 0.6) is 0 Å². The lowest BCUT2D eigenvalue weighted by Gasteiger charge is -2.11. The van der Waals surface area contributed by atoms with Gasteiger partial charge in [-0.3, -0.25) is 14.3 Å². The molecule has 0 atom stereocenters. The van der Waals surface area contributed by atoms with Gasteiger partial charge in [0.1, 0.15) is 0 Å². The van der Waals surface area contributed by atoms with Gasteiger partial charge in [0.05, 0.1) is 5.69 Å². The SMILES string of the molecule is CCCCCCCNc1nc(-c2ccncc2)cc(=O)n1C. The van der Waals surface area contributed by atoms with Crippen LogP contribution in [0.15, 0.2) is 35.4 Å². The third kappa shape index (κ3) is 4.41. The Hall–Kier alpha value is -2.17. The summed E-state index contributed by atoms with van der Waals surface area (Å²) in [5.74, 6) is 0.620. The van der Waals surface area contributed by atoms with Crippen LogP contribution >= 0.6 is 0 Å². The summed E-state index contributed by atoms with van der Waals surface area (Å²) in [6.45, 7) is 3.05. The van der Waals surface area contributed by atoms with E-state index in [0.717, 1.165) is 18.5 Å². The molecule has 0 aliphatic rings. The summed E-state index contributed by atoms with van der Waals surface area (Å²) >= 11 is 0. The number of aromatic nitrogens is 3. The lowest BCUT2D eigenvalue weighted by molar-refractivity contribution is 0.642. The molecule has 1 N–H and O–H groups in total. The molecule has 0 radical (unpaired) electrons. The molecule has 0 fully saturated rings. The molecule has 0 aliphatic carbocycles. The average molecular weight is 300 g/mol. The molecule has 0 aromatic carbocycles. The molecule has 2 aromatic heterocycles. The van der Waals surface area contributed by atoms with Crippen LogP contribution in [0.25, 0.3) is 11.3 Å². The standard InChI is InChI=1S/C17H24N4O/c1-3-4-5-6-7-10-19-17-20-15(13-16(22)21(17)2)14-8-11-18-12-9-14/h8-9,11-13H,3-7,10H2,1-2H3,(H,19,20). The van der Waals surface area contributed by atoms with Gasteiger partial charge in [0.2, 0.25) is 5.95 Å². The van der Waals surface area contributed by atoms with E-state index in [1.54, 1.807) is 30.1 Å². The van der Waals surface area contributed by atoms with Crippen molar-refractivity contribution in [3.05, 3.63) is 40.9 Å². The van der Waals surface area contributed by atoms with Gasteiger partial charge in [0.15, 0.2) is 0 Å². The summed E-state index contributed by atoms with van der Waals surface area (Å²) < 4.78 is 1.55. The Morgan fingerprint density at radius 3 is 2.59 bits per heavy atom. The molecule has 2 aromatic rings. The highest BCUT2D eigenvalue weighted by atomic mass is 16.1. The number of nitrogens with one attached hydrogen (secondary N) is 1. The van der Waals surface area contributed by atoms with Crippen molar-refractivity contribution in [1.82, 2.24) is 14.5 Å². The zero-order valence-corrected chi connectivity index (χ0v) is 13.4. The minimum absolute atomic E-state index is 0.0599. The first-order valence-corrected chi connectivity index (χ1v) is 7.94. The fourth-order valence-electron chi connectivity index (χ4n) is 2.30. The van der Waals surface area contributed by atoms with Crippen molar-refractivity contribution < 1.29 is 0 Å². The largest absolute Gasteiger partial charge is 0.356 e. The Bertz CT molecular complexity index is 637. The fourth-order valence-corrected chi connectivity index (χ4v) is 2.30. The third-order valence-electron chi connectivity index (χ3n) is 3.67. The molecule has 0 saturated heterocycles. The van der Waals surface area contributed by atoms with Crippen LogP contribution in [0.2, 0.25) is 0 Å². The smallest absolute Gasteiger partial charge is 0.255 e. The second-order valence-electron chi connectivity index (χ2n) is 5.44. The summed E-state index contributed by atoms with van der Waals surface area (Å²) in [6.07, 6.45) is 9.51. The number of anilines is 1. The Balaban J connectivity index is 2.04. The highest BCUT2D eigenvalue weighted by Gasteiger charge is 2.07. The Kier molecular flexibility index (Phi) is 6.13. The number of rotatable bonds is 8. The molecule has 5 nitrogen and oxygen atoms in total. The normalized spacial score (nSPS) is 10.6. The molecule has 22 heavy (non-hydrogen) atoms. The van der Waals surface area contributed by atoms with Gasteiger partial charge in [0.25, 0.3) is 5.56 Å². The first-order chi connectivity index (χ1) is 10.7. The lowest BCUT2D eigenvalue weighted by atomic mass is 10.1. The molecule has 0 spiro atoms. The zero-order chi connectivity index (χ0) is 15.8. The molecular weight excluding hydrogens is 276 g/mol. The molecule has 118 valence electrons. The minimum Gasteiger partial charge on any atom is -0.356 e. The number of pyridine rings is 1. The number of hydrogen-bond donors (Lipinski definition) is 1. The maximum absolute atomic E-state index is 12.1. The highest BCUT2D eigenvalue weighted by molar-refractivity contribution is 5.59. The van der Waals surface area contributed by atoms with E-state index < -0.39 is 0 Å². The number of unbranched alkanes of at least 4 members (excludes halogenated alkanes) is 4.